The number of carbonyl (C=O) groups is 1. The number of unbranched alkanes of at least 4 members (excludes halogenated alkanes) is 7. The number of carbonyl (C=O) groups excluding carboxylic acids is 1. The summed E-state index contributed by atoms with van der Waals surface area (Å²) in [4.78, 5) is 10.9. The monoisotopic (exact) mass is 320 g/mol. The molecule has 0 aliphatic rings. The van der Waals surface area contributed by atoms with E-state index in [1.165, 1.54) is 45.6 Å². The maximum Gasteiger partial charge on any atom is 0.305 e. The molecule has 2 heteroatoms. The molecule has 0 unspecified atom stereocenters. The summed E-state index contributed by atoms with van der Waals surface area (Å²) in [5, 5.41) is 0. The second-order valence-electron chi connectivity index (χ2n) is 5.88. The maximum absolute atomic E-state index is 10.9. The third kappa shape index (κ3) is 18.6. The van der Waals surface area contributed by atoms with Gasteiger partial charge in [0, 0.05) is 6.42 Å². The third-order valence-electron chi connectivity index (χ3n) is 3.76. The third-order valence-corrected chi connectivity index (χ3v) is 3.76. The van der Waals surface area contributed by atoms with Gasteiger partial charge in [0.05, 0.1) is 7.11 Å². The predicted octanol–water partition coefficient (Wildman–Crippen LogP) is 6.53. The Morgan fingerprint density at radius 2 is 1.26 bits per heavy atom. The highest BCUT2D eigenvalue weighted by atomic mass is 16.5. The van der Waals surface area contributed by atoms with Crippen LogP contribution in [-0.4, -0.2) is 13.1 Å². The molecule has 132 valence electrons. The SMILES string of the molecule is CC/C=C/C/C=C\C/C=C/CCCCCCCCCC(=O)OC. The van der Waals surface area contributed by atoms with Gasteiger partial charge in [-0.15, -0.1) is 0 Å². The van der Waals surface area contributed by atoms with Gasteiger partial charge >= 0.3 is 5.97 Å². The molecule has 2 nitrogen and oxygen atoms in total. The summed E-state index contributed by atoms with van der Waals surface area (Å²) in [6.45, 7) is 2.16. The lowest BCUT2D eigenvalue weighted by molar-refractivity contribution is -0.140. The van der Waals surface area contributed by atoms with Gasteiger partial charge in [0.15, 0.2) is 0 Å². The molecule has 0 radical (unpaired) electrons. The highest BCUT2D eigenvalue weighted by molar-refractivity contribution is 5.68. The smallest absolute Gasteiger partial charge is 0.305 e. The summed E-state index contributed by atoms with van der Waals surface area (Å²) in [5.41, 5.74) is 0. The minimum Gasteiger partial charge on any atom is -0.469 e. The van der Waals surface area contributed by atoms with Crippen molar-refractivity contribution in [2.24, 2.45) is 0 Å². The Kier molecular flexibility index (Phi) is 17.7. The largest absolute Gasteiger partial charge is 0.469 e. The highest BCUT2D eigenvalue weighted by Gasteiger charge is 1.98. The first kappa shape index (κ1) is 21.7. The van der Waals surface area contributed by atoms with Crippen molar-refractivity contribution in [2.45, 2.75) is 84.0 Å². The fourth-order valence-corrected chi connectivity index (χ4v) is 2.34. The van der Waals surface area contributed by atoms with Gasteiger partial charge in [-0.05, 0) is 38.5 Å². The number of hydrogen-bond donors (Lipinski definition) is 0. The Labute approximate surface area is 143 Å². The zero-order valence-corrected chi connectivity index (χ0v) is 15.3. The van der Waals surface area contributed by atoms with Gasteiger partial charge in [-0.25, -0.2) is 0 Å². The summed E-state index contributed by atoms with van der Waals surface area (Å²) in [6.07, 6.45) is 27.1. The fourth-order valence-electron chi connectivity index (χ4n) is 2.34. The van der Waals surface area contributed by atoms with Gasteiger partial charge < -0.3 is 4.74 Å². The van der Waals surface area contributed by atoms with Crippen LogP contribution in [0.25, 0.3) is 0 Å². The van der Waals surface area contributed by atoms with Crippen molar-refractivity contribution in [1.29, 1.82) is 0 Å². The molecule has 0 aromatic heterocycles. The molecule has 0 amide bonds. The van der Waals surface area contributed by atoms with E-state index in [0.717, 1.165) is 32.1 Å². The van der Waals surface area contributed by atoms with E-state index in [-0.39, 0.29) is 5.97 Å². The van der Waals surface area contributed by atoms with Crippen LogP contribution in [0.4, 0.5) is 0 Å². The van der Waals surface area contributed by atoms with Gasteiger partial charge in [0.2, 0.25) is 0 Å². The van der Waals surface area contributed by atoms with E-state index in [1.54, 1.807) is 0 Å². The molecule has 0 aliphatic heterocycles. The standard InChI is InChI=1S/C21H36O2/c1-3-4-5-6-7-8-9-10-11-12-13-14-15-16-17-18-19-20-21(22)23-2/h4-5,7-8,10-11H,3,6,9,12-20H2,1-2H3/b5-4+,8-7-,11-10+. The molecule has 0 saturated heterocycles. The summed E-state index contributed by atoms with van der Waals surface area (Å²) in [6, 6.07) is 0. The molecule has 0 saturated carbocycles. The van der Waals surface area contributed by atoms with Gasteiger partial charge in [0.1, 0.15) is 0 Å². The zero-order chi connectivity index (χ0) is 17.0. The Morgan fingerprint density at radius 1 is 0.739 bits per heavy atom. The van der Waals surface area contributed by atoms with Crippen molar-refractivity contribution in [3.8, 4) is 0 Å². The molecule has 0 aromatic rings. The molecule has 0 N–H and O–H groups in total. The topological polar surface area (TPSA) is 26.3 Å². The molecule has 0 spiro atoms. The van der Waals surface area contributed by atoms with Gasteiger partial charge in [-0.1, -0.05) is 75.5 Å². The molecule has 0 bridgehead atoms. The average Bonchev–Trinajstić information content (AvgIpc) is 2.57. The lowest BCUT2D eigenvalue weighted by atomic mass is 10.1. The van der Waals surface area contributed by atoms with E-state index in [4.69, 9.17) is 0 Å². The zero-order valence-electron chi connectivity index (χ0n) is 15.3. The number of ether oxygens (including phenoxy) is 1. The van der Waals surface area contributed by atoms with Crippen LogP contribution in [0.5, 0.6) is 0 Å². The van der Waals surface area contributed by atoms with Gasteiger partial charge in [-0.2, -0.15) is 0 Å². The average molecular weight is 321 g/mol. The first-order valence-electron chi connectivity index (χ1n) is 9.33. The Hall–Kier alpha value is -1.31. The number of methoxy groups -OCH3 is 1. The van der Waals surface area contributed by atoms with Crippen molar-refractivity contribution in [2.75, 3.05) is 7.11 Å². The molecule has 0 heterocycles. The van der Waals surface area contributed by atoms with Crippen molar-refractivity contribution in [1.82, 2.24) is 0 Å². The number of rotatable bonds is 15. The molecular weight excluding hydrogens is 284 g/mol. The van der Waals surface area contributed by atoms with Gasteiger partial charge in [-0.3, -0.25) is 4.79 Å². The van der Waals surface area contributed by atoms with Crippen LogP contribution in [0.15, 0.2) is 36.5 Å². The lowest BCUT2D eigenvalue weighted by Crippen LogP contribution is -1.99. The van der Waals surface area contributed by atoms with Crippen LogP contribution in [0.2, 0.25) is 0 Å². The minimum absolute atomic E-state index is 0.0796. The summed E-state index contributed by atoms with van der Waals surface area (Å²) in [7, 11) is 1.46. The van der Waals surface area contributed by atoms with Crippen LogP contribution >= 0.6 is 0 Å². The number of allylic oxidation sites excluding steroid dienone is 6. The van der Waals surface area contributed by atoms with E-state index in [9.17, 15) is 4.79 Å². The summed E-state index contributed by atoms with van der Waals surface area (Å²) in [5.74, 6) is -0.0796. The van der Waals surface area contributed by atoms with E-state index >= 15 is 0 Å². The molecule has 0 fully saturated rings. The predicted molar refractivity (Wildman–Crippen MR) is 101 cm³/mol. The second-order valence-corrected chi connectivity index (χ2v) is 5.88. The van der Waals surface area contributed by atoms with E-state index in [1.807, 2.05) is 0 Å². The van der Waals surface area contributed by atoms with Gasteiger partial charge in [0.25, 0.3) is 0 Å². The maximum atomic E-state index is 10.9. The van der Waals surface area contributed by atoms with Crippen LogP contribution < -0.4 is 0 Å². The molecule has 0 rings (SSSR count). The Bertz CT molecular complexity index is 340. The Morgan fingerprint density at radius 3 is 1.87 bits per heavy atom. The number of esters is 1. The Balaban J connectivity index is 3.22. The fraction of sp³-hybridized carbons (Fsp3) is 0.667. The second kappa shape index (κ2) is 18.7. The molecule has 23 heavy (non-hydrogen) atoms. The van der Waals surface area contributed by atoms with Crippen molar-refractivity contribution >= 4 is 5.97 Å². The molecule has 0 aromatic carbocycles. The summed E-state index contributed by atoms with van der Waals surface area (Å²) < 4.78 is 4.63. The quantitative estimate of drug-likeness (QED) is 0.195. The molecular formula is C21H36O2. The van der Waals surface area contributed by atoms with Crippen LogP contribution in [0, 0.1) is 0 Å². The van der Waals surface area contributed by atoms with Crippen LogP contribution in [0.1, 0.15) is 84.0 Å². The highest BCUT2D eigenvalue weighted by Crippen LogP contribution is 2.10. The minimum atomic E-state index is -0.0796. The van der Waals surface area contributed by atoms with E-state index in [2.05, 4.69) is 48.1 Å². The van der Waals surface area contributed by atoms with Crippen molar-refractivity contribution in [3.05, 3.63) is 36.5 Å². The summed E-state index contributed by atoms with van der Waals surface area (Å²) >= 11 is 0. The normalized spacial score (nSPS) is 11.9. The molecule has 0 atom stereocenters. The van der Waals surface area contributed by atoms with Crippen molar-refractivity contribution in [3.63, 3.8) is 0 Å². The lowest BCUT2D eigenvalue weighted by Gasteiger charge is -2.01. The van der Waals surface area contributed by atoms with E-state index < -0.39 is 0 Å². The van der Waals surface area contributed by atoms with Crippen LogP contribution in [0.3, 0.4) is 0 Å². The van der Waals surface area contributed by atoms with Crippen LogP contribution in [-0.2, 0) is 9.53 Å². The number of hydrogen-bond acceptors (Lipinski definition) is 2. The van der Waals surface area contributed by atoms with E-state index in [0.29, 0.717) is 6.42 Å². The first-order valence-corrected chi connectivity index (χ1v) is 9.33. The van der Waals surface area contributed by atoms with Crippen molar-refractivity contribution < 1.29 is 9.53 Å². The first-order chi connectivity index (χ1) is 11.3. The molecule has 0 aliphatic carbocycles.